The van der Waals surface area contributed by atoms with Crippen molar-refractivity contribution in [3.8, 4) is 9.85 Å². The van der Waals surface area contributed by atoms with Crippen LogP contribution in [0.4, 0.5) is 4.79 Å². The Morgan fingerprint density at radius 1 is 1.35 bits per heavy atom. The van der Waals surface area contributed by atoms with Gasteiger partial charge in [0.05, 0.1) is 6.61 Å². The normalized spacial score (nSPS) is 12.3. The van der Waals surface area contributed by atoms with E-state index in [1.54, 1.807) is 0 Å². The summed E-state index contributed by atoms with van der Waals surface area (Å²) in [7, 11) is 0. The number of hydrogen-bond acceptors (Lipinski definition) is 3. The van der Waals surface area contributed by atoms with E-state index in [2.05, 4.69) is 37.5 Å². The molecule has 0 bridgehead atoms. The van der Waals surface area contributed by atoms with Gasteiger partial charge in [0.15, 0.2) is 6.61 Å². The molecule has 0 fully saturated rings. The minimum atomic E-state index is -0.632. The fourth-order valence-electron chi connectivity index (χ4n) is 1.65. The van der Waals surface area contributed by atoms with Crippen LogP contribution in [0.25, 0.3) is 0 Å². The lowest BCUT2D eigenvalue weighted by Crippen LogP contribution is -2.14. The molecule has 0 aromatic rings. The summed E-state index contributed by atoms with van der Waals surface area (Å²) in [6.07, 6.45) is 1.35. The predicted molar refractivity (Wildman–Crippen MR) is 76.9 cm³/mol. The second kappa shape index (κ2) is 8.62. The average Bonchev–Trinajstić information content (AvgIpc) is 2.15. The molecule has 0 radical (unpaired) electrons. The Balaban J connectivity index is 3.61. The van der Waals surface area contributed by atoms with E-state index < -0.39 is 6.16 Å². The van der Waals surface area contributed by atoms with Gasteiger partial charge in [-0.25, -0.2) is 4.79 Å². The summed E-state index contributed by atoms with van der Waals surface area (Å²) in [5.41, 5.74) is 0.315. The molecule has 0 amide bonds. The molecule has 0 aliphatic heterocycles. The molecule has 4 heteroatoms. The maximum Gasteiger partial charge on any atom is 0.509 e. The van der Waals surface area contributed by atoms with E-state index in [4.69, 9.17) is 9.47 Å². The van der Waals surface area contributed by atoms with Crippen LogP contribution in [-0.4, -0.2) is 19.4 Å². The topological polar surface area (TPSA) is 35.5 Å². The van der Waals surface area contributed by atoms with Crippen LogP contribution in [0.1, 0.15) is 40.5 Å². The highest BCUT2D eigenvalue weighted by Crippen LogP contribution is 2.25. The Bertz CT molecular complexity index is 283. The van der Waals surface area contributed by atoms with E-state index in [9.17, 15) is 4.79 Å². The predicted octanol–water partition coefficient (Wildman–Crippen LogP) is 4.00. The number of ether oxygens (including phenoxy) is 2. The Hall–Kier alpha value is -0.440. The van der Waals surface area contributed by atoms with Crippen molar-refractivity contribution in [1.29, 1.82) is 0 Å². The van der Waals surface area contributed by atoms with Crippen molar-refractivity contribution in [2.24, 2.45) is 11.3 Å². The number of carbonyl (C=O) groups is 1. The van der Waals surface area contributed by atoms with E-state index in [0.29, 0.717) is 17.9 Å². The number of halogens is 1. The molecule has 0 aliphatic rings. The van der Waals surface area contributed by atoms with Crippen molar-refractivity contribution >= 4 is 28.7 Å². The van der Waals surface area contributed by atoms with Crippen molar-refractivity contribution < 1.29 is 14.3 Å². The summed E-state index contributed by atoms with van der Waals surface area (Å²) >= 11 is 1.89. The van der Waals surface area contributed by atoms with Crippen LogP contribution in [0.15, 0.2) is 0 Å². The Labute approximate surface area is 118 Å². The molecule has 1 unspecified atom stereocenters. The van der Waals surface area contributed by atoms with Crippen LogP contribution in [0.3, 0.4) is 0 Å². The molecule has 0 heterocycles. The molecular weight excluding hydrogens is 331 g/mol. The van der Waals surface area contributed by atoms with Gasteiger partial charge in [-0.15, -0.1) is 0 Å². The summed E-state index contributed by atoms with van der Waals surface area (Å²) in [5, 5.41) is 0. The lowest BCUT2D eigenvalue weighted by atomic mass is 9.84. The second-order valence-corrected chi connectivity index (χ2v) is 5.86. The van der Waals surface area contributed by atoms with E-state index in [1.807, 2.05) is 22.6 Å². The molecule has 0 aromatic heterocycles. The van der Waals surface area contributed by atoms with Crippen LogP contribution in [0, 0.1) is 21.2 Å². The summed E-state index contributed by atoms with van der Waals surface area (Å²) in [4.78, 5) is 11.1. The molecule has 0 rings (SSSR count). The first-order chi connectivity index (χ1) is 7.85. The Kier molecular flexibility index (Phi) is 8.40. The first kappa shape index (κ1) is 16.6. The van der Waals surface area contributed by atoms with Gasteiger partial charge < -0.3 is 9.47 Å². The number of carbonyl (C=O) groups excluding carboxylic acids is 1. The second-order valence-electron chi connectivity index (χ2n) is 5.32. The quantitative estimate of drug-likeness (QED) is 0.426. The van der Waals surface area contributed by atoms with Crippen molar-refractivity contribution in [2.45, 2.75) is 40.5 Å². The molecule has 98 valence electrons. The van der Waals surface area contributed by atoms with Gasteiger partial charge in [0.25, 0.3) is 0 Å². The Morgan fingerprint density at radius 2 is 2.00 bits per heavy atom. The standard InChI is InChI=1S/C13H21IO3/c1-11(10-13(2,3)4)6-9-17-12(15)16-8-5-7-14/h11H,6,8-10H2,1-4H3. The molecular formula is C13H21IO3. The monoisotopic (exact) mass is 352 g/mol. The van der Waals surface area contributed by atoms with Gasteiger partial charge in [0.2, 0.25) is 0 Å². The van der Waals surface area contributed by atoms with Crippen LogP contribution in [-0.2, 0) is 9.47 Å². The summed E-state index contributed by atoms with van der Waals surface area (Å²) in [6, 6.07) is 0. The van der Waals surface area contributed by atoms with Gasteiger partial charge in [-0.2, -0.15) is 0 Å². The van der Waals surface area contributed by atoms with Gasteiger partial charge >= 0.3 is 6.16 Å². The van der Waals surface area contributed by atoms with Crippen LogP contribution in [0.5, 0.6) is 0 Å². The number of rotatable bonds is 5. The lowest BCUT2D eigenvalue weighted by Gasteiger charge is -2.22. The van der Waals surface area contributed by atoms with Crippen LogP contribution in [0.2, 0.25) is 0 Å². The largest absolute Gasteiger partial charge is 0.509 e. The smallest absolute Gasteiger partial charge is 0.434 e. The van der Waals surface area contributed by atoms with Gasteiger partial charge in [-0.05, 0) is 28.1 Å². The van der Waals surface area contributed by atoms with E-state index in [-0.39, 0.29) is 6.61 Å². The third-order valence-corrected chi connectivity index (χ3v) is 2.50. The summed E-state index contributed by atoms with van der Waals surface area (Å²) < 4.78 is 12.3. The Morgan fingerprint density at radius 3 is 2.53 bits per heavy atom. The lowest BCUT2D eigenvalue weighted by molar-refractivity contribution is 0.0595. The molecule has 0 saturated carbocycles. The van der Waals surface area contributed by atoms with E-state index >= 15 is 0 Å². The van der Waals surface area contributed by atoms with Gasteiger partial charge in [-0.1, -0.05) is 33.6 Å². The zero-order valence-corrected chi connectivity index (χ0v) is 13.2. The maximum absolute atomic E-state index is 11.1. The van der Waals surface area contributed by atoms with Crippen LogP contribution < -0.4 is 0 Å². The minimum absolute atomic E-state index is 0.0965. The highest BCUT2D eigenvalue weighted by atomic mass is 127. The van der Waals surface area contributed by atoms with Crippen molar-refractivity contribution in [2.75, 3.05) is 13.2 Å². The summed E-state index contributed by atoms with van der Waals surface area (Å²) in [5.74, 6) is 3.16. The molecule has 0 aliphatic carbocycles. The minimum Gasteiger partial charge on any atom is -0.434 e. The highest BCUT2D eigenvalue weighted by molar-refractivity contribution is 14.1. The average molecular weight is 352 g/mol. The zero-order chi connectivity index (χ0) is 13.3. The van der Waals surface area contributed by atoms with E-state index in [0.717, 1.165) is 12.8 Å². The fraction of sp³-hybridized carbons (Fsp3) is 0.769. The third kappa shape index (κ3) is 11.8. The van der Waals surface area contributed by atoms with Gasteiger partial charge in [-0.3, -0.25) is 0 Å². The third-order valence-electron chi connectivity index (χ3n) is 2.12. The van der Waals surface area contributed by atoms with E-state index in [1.165, 1.54) is 0 Å². The van der Waals surface area contributed by atoms with Gasteiger partial charge in [0, 0.05) is 22.6 Å². The SMILES string of the molecule is CC(CCOC(=O)OCC#CI)CC(C)(C)C. The molecule has 0 aromatic carbocycles. The first-order valence-electron chi connectivity index (χ1n) is 5.73. The molecule has 1 atom stereocenters. The highest BCUT2D eigenvalue weighted by Gasteiger charge is 2.15. The van der Waals surface area contributed by atoms with Crippen LogP contribution >= 0.6 is 22.6 Å². The summed E-state index contributed by atoms with van der Waals surface area (Å²) in [6.45, 7) is 9.30. The first-order valence-corrected chi connectivity index (χ1v) is 6.81. The van der Waals surface area contributed by atoms with Crippen molar-refractivity contribution in [3.63, 3.8) is 0 Å². The molecule has 3 nitrogen and oxygen atoms in total. The number of hydrogen-bond donors (Lipinski definition) is 0. The molecule has 17 heavy (non-hydrogen) atoms. The van der Waals surface area contributed by atoms with Crippen molar-refractivity contribution in [3.05, 3.63) is 0 Å². The van der Waals surface area contributed by atoms with Crippen molar-refractivity contribution in [1.82, 2.24) is 0 Å². The maximum atomic E-state index is 11.1. The zero-order valence-electron chi connectivity index (χ0n) is 11.0. The van der Waals surface area contributed by atoms with Gasteiger partial charge in [0.1, 0.15) is 0 Å². The fourth-order valence-corrected chi connectivity index (χ4v) is 1.81. The molecule has 0 saturated heterocycles. The molecule has 0 N–H and O–H groups in total. The molecule has 0 spiro atoms.